The Morgan fingerprint density at radius 2 is 2.11 bits per heavy atom. The molecule has 0 radical (unpaired) electrons. The summed E-state index contributed by atoms with van der Waals surface area (Å²) in [4.78, 5) is 17.7. The number of nitrogens with one attached hydrogen (secondary N) is 2. The minimum Gasteiger partial charge on any atom is -0.369 e. The predicted octanol–water partition coefficient (Wildman–Crippen LogP) is 2.14. The minimum atomic E-state index is -0.333. The van der Waals surface area contributed by atoms with Crippen LogP contribution in [0.25, 0.3) is 0 Å². The molecule has 0 aromatic heterocycles. The first-order chi connectivity index (χ1) is 12.5. The van der Waals surface area contributed by atoms with Gasteiger partial charge in [0.05, 0.1) is 6.54 Å². The number of carbonyl (C=O) groups excluding carboxylic acids is 1. The van der Waals surface area contributed by atoms with Crippen molar-refractivity contribution >= 4 is 47.4 Å². The number of nitrogens with zero attached hydrogens (tertiary/aromatic N) is 2. The summed E-state index contributed by atoms with van der Waals surface area (Å²) in [7, 11) is 0. The fourth-order valence-corrected chi connectivity index (χ4v) is 3.24. The summed E-state index contributed by atoms with van der Waals surface area (Å²) < 4.78 is 13.1. The van der Waals surface area contributed by atoms with E-state index >= 15 is 0 Å². The van der Waals surface area contributed by atoms with Gasteiger partial charge in [-0.25, -0.2) is 4.39 Å². The van der Waals surface area contributed by atoms with E-state index in [1.54, 1.807) is 6.07 Å². The van der Waals surface area contributed by atoms with Gasteiger partial charge in [0.25, 0.3) is 0 Å². The lowest BCUT2D eigenvalue weighted by atomic mass is 10.1. The van der Waals surface area contributed by atoms with Crippen molar-refractivity contribution in [3.05, 3.63) is 34.6 Å². The topological polar surface area (TPSA) is 82.8 Å². The third kappa shape index (κ3) is 8.61. The highest BCUT2D eigenvalue weighted by Crippen LogP contribution is 2.17. The predicted molar refractivity (Wildman–Crippen MR) is 118 cm³/mol. The molecule has 1 aromatic carbocycles. The summed E-state index contributed by atoms with van der Waals surface area (Å²) in [5.41, 5.74) is 6.13. The molecule has 0 atom stereocenters. The Labute approximate surface area is 182 Å². The van der Waals surface area contributed by atoms with E-state index in [4.69, 9.17) is 17.3 Å². The number of aliphatic imine (C=N–C) groups is 1. The van der Waals surface area contributed by atoms with Gasteiger partial charge in [0, 0.05) is 37.2 Å². The van der Waals surface area contributed by atoms with Crippen LogP contribution in [0, 0.1) is 5.82 Å². The van der Waals surface area contributed by atoms with E-state index in [2.05, 4.69) is 20.5 Å². The molecule has 152 valence electrons. The molecule has 2 rings (SSSR count). The van der Waals surface area contributed by atoms with E-state index in [1.165, 1.54) is 12.1 Å². The maximum Gasteiger partial charge on any atom is 0.231 e. The zero-order valence-electron chi connectivity index (χ0n) is 15.5. The highest BCUT2D eigenvalue weighted by Gasteiger charge is 2.20. The van der Waals surface area contributed by atoms with Crippen LogP contribution in [-0.4, -0.2) is 55.5 Å². The number of rotatable bonds is 7. The molecule has 0 saturated carbocycles. The first-order valence-electron chi connectivity index (χ1n) is 8.97. The summed E-state index contributed by atoms with van der Waals surface area (Å²) >= 11 is 6.05. The standard InChI is InChI=1S/C18H27ClFN5O.HI/c1-2-22-18(23-8-5-13-3-4-14(20)11-16(13)19)24-15-6-9-25(10-7-15)12-17(21)26;/h3-4,11,15H,2,5-10,12H2,1H3,(H2,21,26)(H2,22,23,24);1H. The summed E-state index contributed by atoms with van der Waals surface area (Å²) in [6.07, 6.45) is 2.51. The minimum absolute atomic E-state index is 0. The van der Waals surface area contributed by atoms with Crippen LogP contribution in [0.1, 0.15) is 25.3 Å². The van der Waals surface area contributed by atoms with E-state index in [9.17, 15) is 9.18 Å². The van der Waals surface area contributed by atoms with E-state index in [0.29, 0.717) is 30.6 Å². The Morgan fingerprint density at radius 1 is 1.41 bits per heavy atom. The van der Waals surface area contributed by atoms with Crippen LogP contribution in [-0.2, 0) is 11.2 Å². The fraction of sp³-hybridized carbons (Fsp3) is 0.556. The van der Waals surface area contributed by atoms with Gasteiger partial charge in [-0.2, -0.15) is 0 Å². The van der Waals surface area contributed by atoms with Crippen molar-refractivity contribution in [3.63, 3.8) is 0 Å². The summed E-state index contributed by atoms with van der Waals surface area (Å²) in [5, 5.41) is 7.12. The second-order valence-electron chi connectivity index (χ2n) is 6.41. The highest BCUT2D eigenvalue weighted by molar-refractivity contribution is 14.0. The molecule has 1 aromatic rings. The van der Waals surface area contributed by atoms with Crippen molar-refractivity contribution in [2.24, 2.45) is 10.7 Å². The van der Waals surface area contributed by atoms with Crippen LogP contribution in [0.4, 0.5) is 4.39 Å². The third-order valence-corrected chi connectivity index (χ3v) is 4.67. The number of guanidine groups is 1. The molecule has 9 heteroatoms. The van der Waals surface area contributed by atoms with Crippen LogP contribution >= 0.6 is 35.6 Å². The first-order valence-corrected chi connectivity index (χ1v) is 9.35. The molecule has 0 unspecified atom stereocenters. The van der Waals surface area contributed by atoms with E-state index in [-0.39, 0.29) is 35.7 Å². The zero-order valence-corrected chi connectivity index (χ0v) is 18.6. The number of hydrogen-bond acceptors (Lipinski definition) is 3. The quantitative estimate of drug-likeness (QED) is 0.298. The molecule has 1 fully saturated rings. The molecule has 4 N–H and O–H groups in total. The lowest BCUT2D eigenvalue weighted by Gasteiger charge is -2.32. The van der Waals surface area contributed by atoms with Gasteiger partial charge >= 0.3 is 0 Å². The second kappa shape index (κ2) is 12.4. The Hall–Kier alpha value is -1.13. The molecule has 1 saturated heterocycles. The van der Waals surface area contributed by atoms with Crippen molar-refractivity contribution in [1.82, 2.24) is 15.5 Å². The second-order valence-corrected chi connectivity index (χ2v) is 6.81. The molecule has 1 amide bonds. The smallest absolute Gasteiger partial charge is 0.231 e. The van der Waals surface area contributed by atoms with Gasteiger partial charge in [-0.15, -0.1) is 24.0 Å². The van der Waals surface area contributed by atoms with Gasteiger partial charge in [-0.05, 0) is 43.9 Å². The van der Waals surface area contributed by atoms with Gasteiger partial charge in [-0.1, -0.05) is 17.7 Å². The third-order valence-electron chi connectivity index (χ3n) is 4.32. The van der Waals surface area contributed by atoms with Gasteiger partial charge in [0.15, 0.2) is 5.96 Å². The highest BCUT2D eigenvalue weighted by atomic mass is 127. The SMILES string of the molecule is CCNC(=NCCc1ccc(F)cc1Cl)NC1CCN(CC(N)=O)CC1.I. The van der Waals surface area contributed by atoms with Gasteiger partial charge < -0.3 is 16.4 Å². The molecular weight excluding hydrogens is 484 g/mol. The maximum absolute atomic E-state index is 13.1. The Balaban J connectivity index is 0.00000364. The van der Waals surface area contributed by atoms with Gasteiger partial charge in [0.1, 0.15) is 5.82 Å². The largest absolute Gasteiger partial charge is 0.369 e. The number of halogens is 3. The summed E-state index contributed by atoms with van der Waals surface area (Å²) in [6.45, 7) is 5.34. The molecule has 0 spiro atoms. The van der Waals surface area contributed by atoms with Crippen molar-refractivity contribution < 1.29 is 9.18 Å². The van der Waals surface area contributed by atoms with Gasteiger partial charge in [0.2, 0.25) is 5.91 Å². The lowest BCUT2D eigenvalue weighted by molar-refractivity contribution is -0.119. The average Bonchev–Trinajstić information content (AvgIpc) is 2.58. The van der Waals surface area contributed by atoms with Crippen LogP contribution in [0.5, 0.6) is 0 Å². The van der Waals surface area contributed by atoms with Crippen molar-refractivity contribution in [2.45, 2.75) is 32.2 Å². The van der Waals surface area contributed by atoms with Crippen LogP contribution in [0.15, 0.2) is 23.2 Å². The molecule has 6 nitrogen and oxygen atoms in total. The number of hydrogen-bond donors (Lipinski definition) is 3. The molecule has 1 aliphatic rings. The molecule has 0 aliphatic carbocycles. The number of primary amides is 1. The Bertz CT molecular complexity index is 638. The Morgan fingerprint density at radius 3 is 2.70 bits per heavy atom. The molecular formula is C18H28ClFIN5O. The maximum atomic E-state index is 13.1. The van der Waals surface area contributed by atoms with Crippen molar-refractivity contribution in [1.29, 1.82) is 0 Å². The van der Waals surface area contributed by atoms with Gasteiger partial charge in [-0.3, -0.25) is 14.7 Å². The first kappa shape index (κ1) is 23.9. The number of likely N-dealkylation sites (tertiary alicyclic amines) is 1. The molecule has 1 heterocycles. The number of carbonyl (C=O) groups is 1. The van der Waals surface area contributed by atoms with Crippen LogP contribution < -0.4 is 16.4 Å². The van der Waals surface area contributed by atoms with E-state index < -0.39 is 0 Å². The van der Waals surface area contributed by atoms with Crippen LogP contribution in [0.3, 0.4) is 0 Å². The normalized spacial score (nSPS) is 15.9. The Kier molecular flexibility index (Phi) is 10.9. The number of piperidine rings is 1. The fourth-order valence-electron chi connectivity index (χ4n) is 2.98. The molecule has 1 aliphatic heterocycles. The van der Waals surface area contributed by atoms with Crippen molar-refractivity contribution in [2.75, 3.05) is 32.7 Å². The van der Waals surface area contributed by atoms with E-state index in [0.717, 1.165) is 44.0 Å². The molecule has 0 bridgehead atoms. The monoisotopic (exact) mass is 511 g/mol. The summed E-state index contributed by atoms with van der Waals surface area (Å²) in [5.74, 6) is 0.143. The number of benzene rings is 1. The van der Waals surface area contributed by atoms with Crippen molar-refractivity contribution in [3.8, 4) is 0 Å². The number of amides is 1. The van der Waals surface area contributed by atoms with E-state index in [1.807, 2.05) is 6.92 Å². The molecule has 27 heavy (non-hydrogen) atoms. The summed E-state index contributed by atoms with van der Waals surface area (Å²) in [6, 6.07) is 4.74. The van der Waals surface area contributed by atoms with Crippen LogP contribution in [0.2, 0.25) is 5.02 Å². The lowest BCUT2D eigenvalue weighted by Crippen LogP contribution is -2.49. The average molecular weight is 512 g/mol. The zero-order chi connectivity index (χ0) is 18.9. The number of nitrogens with two attached hydrogens (primary N) is 1.